The third kappa shape index (κ3) is 3.15. The van der Waals surface area contributed by atoms with Gasteiger partial charge in [0.25, 0.3) is 5.91 Å². The minimum atomic E-state index is -0.510. The number of rotatable bonds is 3. The Morgan fingerprint density at radius 2 is 1.67 bits per heavy atom. The van der Waals surface area contributed by atoms with E-state index in [0.717, 1.165) is 14.6 Å². The van der Waals surface area contributed by atoms with Crippen LogP contribution in [-0.4, -0.2) is 22.3 Å². The second-order valence-corrected chi connectivity index (χ2v) is 7.72. The number of fused-ring (bicyclic) bond motifs is 2. The summed E-state index contributed by atoms with van der Waals surface area (Å²) in [7, 11) is 0. The van der Waals surface area contributed by atoms with E-state index in [1.54, 1.807) is 24.3 Å². The number of hydrogen-bond acceptors (Lipinski definition) is 5. The monoisotopic (exact) mass is 440 g/mol. The van der Waals surface area contributed by atoms with E-state index in [1.165, 1.54) is 17.6 Å². The lowest BCUT2D eigenvalue weighted by molar-refractivity contribution is 0.0957. The van der Waals surface area contributed by atoms with Crippen LogP contribution in [0.2, 0.25) is 0 Å². The number of halogens is 1. The first-order chi connectivity index (χ1) is 13.1. The van der Waals surface area contributed by atoms with Crippen LogP contribution in [0, 0.1) is 0 Å². The molecule has 0 aliphatic heterocycles. The highest BCUT2D eigenvalue weighted by Gasteiger charge is 2.17. The predicted molar refractivity (Wildman–Crippen MR) is 112 cm³/mol. The first kappa shape index (κ1) is 17.5. The number of hydrogen-bond donors (Lipinski definition) is 3. The average Bonchev–Trinajstić information content (AvgIpc) is 3.03. The van der Waals surface area contributed by atoms with Crippen molar-refractivity contribution >= 4 is 60.2 Å². The van der Waals surface area contributed by atoms with Gasteiger partial charge in [0.05, 0.1) is 6.21 Å². The van der Waals surface area contributed by atoms with E-state index >= 15 is 0 Å². The van der Waals surface area contributed by atoms with Gasteiger partial charge < -0.3 is 10.2 Å². The predicted octanol–water partition coefficient (Wildman–Crippen LogP) is 4.99. The number of phenolic OH excluding ortho intramolecular Hbond substituents is 1. The molecule has 3 aromatic carbocycles. The van der Waals surface area contributed by atoms with Crippen LogP contribution in [0.15, 0.2) is 64.2 Å². The van der Waals surface area contributed by atoms with Gasteiger partial charge in [-0.2, -0.15) is 5.10 Å². The lowest BCUT2D eigenvalue weighted by atomic mass is 10.1. The maximum absolute atomic E-state index is 12.3. The highest BCUT2D eigenvalue weighted by Crippen LogP contribution is 2.36. The lowest BCUT2D eigenvalue weighted by Gasteiger charge is -2.06. The Morgan fingerprint density at radius 1 is 1.00 bits per heavy atom. The minimum Gasteiger partial charge on any atom is -0.507 e. The second kappa shape index (κ2) is 7.02. The molecular formula is C20H13BrN2O3S. The smallest absolute Gasteiger partial charge is 0.285 e. The summed E-state index contributed by atoms with van der Waals surface area (Å²) in [5, 5.41) is 26.8. The molecule has 1 heterocycles. The molecule has 134 valence electrons. The molecule has 0 saturated heterocycles. The summed E-state index contributed by atoms with van der Waals surface area (Å²) in [4.78, 5) is 12.5. The molecule has 27 heavy (non-hydrogen) atoms. The SMILES string of the molecule is O=C(N/N=C/c1cc(Br)c2ccccc2c1O)c1sc2ccccc2c1O. The van der Waals surface area contributed by atoms with Gasteiger partial charge in [0.15, 0.2) is 0 Å². The van der Waals surface area contributed by atoms with Crippen molar-refractivity contribution in [2.75, 3.05) is 0 Å². The number of aromatic hydroxyl groups is 2. The van der Waals surface area contributed by atoms with Crippen molar-refractivity contribution < 1.29 is 15.0 Å². The number of carbonyl (C=O) groups excluding carboxylic acids is 1. The normalized spacial score (nSPS) is 11.4. The molecule has 0 aliphatic carbocycles. The first-order valence-electron chi connectivity index (χ1n) is 8.00. The minimum absolute atomic E-state index is 0.0559. The fourth-order valence-corrected chi connectivity index (χ4v) is 4.41. The number of thiophene rings is 1. The third-order valence-electron chi connectivity index (χ3n) is 4.14. The van der Waals surface area contributed by atoms with Crippen molar-refractivity contribution in [2.45, 2.75) is 0 Å². The quantitative estimate of drug-likeness (QED) is 0.310. The molecule has 0 bridgehead atoms. The molecule has 5 nitrogen and oxygen atoms in total. The molecule has 0 fully saturated rings. The maximum atomic E-state index is 12.3. The van der Waals surface area contributed by atoms with Gasteiger partial charge in [-0.3, -0.25) is 4.79 Å². The van der Waals surface area contributed by atoms with E-state index in [9.17, 15) is 15.0 Å². The Labute approximate surface area is 166 Å². The van der Waals surface area contributed by atoms with E-state index in [0.29, 0.717) is 16.3 Å². The molecule has 0 unspecified atom stereocenters. The van der Waals surface area contributed by atoms with Crippen LogP contribution in [-0.2, 0) is 0 Å². The van der Waals surface area contributed by atoms with Gasteiger partial charge in [0.1, 0.15) is 16.4 Å². The fraction of sp³-hybridized carbons (Fsp3) is 0. The molecule has 0 spiro atoms. The molecule has 0 saturated carbocycles. The van der Waals surface area contributed by atoms with Gasteiger partial charge in [-0.25, -0.2) is 5.43 Å². The van der Waals surface area contributed by atoms with Gasteiger partial charge in [-0.05, 0) is 23.6 Å². The Bertz CT molecular complexity index is 1220. The van der Waals surface area contributed by atoms with Crippen LogP contribution >= 0.6 is 27.3 Å². The zero-order chi connectivity index (χ0) is 19.0. The molecule has 7 heteroatoms. The topological polar surface area (TPSA) is 81.9 Å². The summed E-state index contributed by atoms with van der Waals surface area (Å²) in [6.07, 6.45) is 1.37. The molecule has 1 amide bonds. The number of nitrogens with one attached hydrogen (secondary N) is 1. The molecule has 0 radical (unpaired) electrons. The highest BCUT2D eigenvalue weighted by atomic mass is 79.9. The number of amides is 1. The van der Waals surface area contributed by atoms with Crippen molar-refractivity contribution in [2.24, 2.45) is 5.10 Å². The summed E-state index contributed by atoms with van der Waals surface area (Å²) in [5.74, 6) is -0.486. The van der Waals surface area contributed by atoms with Gasteiger partial charge in [-0.15, -0.1) is 11.3 Å². The summed E-state index contributed by atoms with van der Waals surface area (Å²) in [6.45, 7) is 0. The van der Waals surface area contributed by atoms with Crippen molar-refractivity contribution in [3.8, 4) is 11.5 Å². The number of carbonyl (C=O) groups is 1. The Hall–Kier alpha value is -2.90. The van der Waals surface area contributed by atoms with E-state index < -0.39 is 5.91 Å². The van der Waals surface area contributed by atoms with Crippen LogP contribution in [0.4, 0.5) is 0 Å². The summed E-state index contributed by atoms with van der Waals surface area (Å²) in [5.41, 5.74) is 2.86. The van der Waals surface area contributed by atoms with Gasteiger partial charge in [-0.1, -0.05) is 52.3 Å². The molecule has 0 atom stereocenters. The molecular weight excluding hydrogens is 428 g/mol. The highest BCUT2D eigenvalue weighted by molar-refractivity contribution is 9.10. The van der Waals surface area contributed by atoms with E-state index in [4.69, 9.17) is 0 Å². The maximum Gasteiger partial charge on any atom is 0.285 e. The summed E-state index contributed by atoms with van der Waals surface area (Å²) >= 11 is 4.67. The van der Waals surface area contributed by atoms with Gasteiger partial charge in [0, 0.05) is 25.5 Å². The first-order valence-corrected chi connectivity index (χ1v) is 9.61. The van der Waals surface area contributed by atoms with Crippen molar-refractivity contribution in [3.63, 3.8) is 0 Å². The van der Waals surface area contributed by atoms with E-state index in [2.05, 4.69) is 26.5 Å². The van der Waals surface area contributed by atoms with Gasteiger partial charge >= 0.3 is 0 Å². The Balaban J connectivity index is 1.60. The number of benzene rings is 3. The van der Waals surface area contributed by atoms with Crippen LogP contribution in [0.5, 0.6) is 11.5 Å². The molecule has 4 rings (SSSR count). The van der Waals surface area contributed by atoms with Crippen LogP contribution < -0.4 is 5.43 Å². The van der Waals surface area contributed by atoms with E-state index in [-0.39, 0.29) is 16.4 Å². The molecule has 0 aliphatic rings. The zero-order valence-corrected chi connectivity index (χ0v) is 16.2. The standard InChI is InChI=1S/C20H13BrN2O3S/c21-15-9-11(17(24)13-6-2-1-5-12(13)15)10-22-23-20(26)19-18(25)14-7-3-4-8-16(14)27-19/h1-10,24-25H,(H,23,26)/b22-10+. The summed E-state index contributed by atoms with van der Waals surface area (Å²) < 4.78 is 1.63. The van der Waals surface area contributed by atoms with Gasteiger partial charge in [0.2, 0.25) is 0 Å². The number of phenols is 1. The molecule has 3 N–H and O–H groups in total. The van der Waals surface area contributed by atoms with Crippen LogP contribution in [0.1, 0.15) is 15.2 Å². The second-order valence-electron chi connectivity index (χ2n) is 5.82. The average molecular weight is 441 g/mol. The third-order valence-corrected chi connectivity index (χ3v) is 5.96. The lowest BCUT2D eigenvalue weighted by Crippen LogP contribution is -2.16. The van der Waals surface area contributed by atoms with Crippen molar-refractivity contribution in [3.05, 3.63) is 69.5 Å². The zero-order valence-electron chi connectivity index (χ0n) is 13.8. The largest absolute Gasteiger partial charge is 0.507 e. The number of hydrazone groups is 1. The summed E-state index contributed by atoms with van der Waals surface area (Å²) in [6, 6.07) is 16.4. The number of nitrogens with zero attached hydrogens (tertiary/aromatic N) is 1. The molecule has 4 aromatic rings. The van der Waals surface area contributed by atoms with Crippen molar-refractivity contribution in [1.82, 2.24) is 5.43 Å². The van der Waals surface area contributed by atoms with Crippen molar-refractivity contribution in [1.29, 1.82) is 0 Å². The Kier molecular flexibility index (Phi) is 4.55. The fourth-order valence-electron chi connectivity index (χ4n) is 2.83. The molecule has 1 aromatic heterocycles. The van der Waals surface area contributed by atoms with E-state index in [1.807, 2.05) is 30.3 Å². The van der Waals surface area contributed by atoms with Crippen LogP contribution in [0.25, 0.3) is 20.9 Å². The Morgan fingerprint density at radius 3 is 2.41 bits per heavy atom. The van der Waals surface area contributed by atoms with Crippen LogP contribution in [0.3, 0.4) is 0 Å².